The monoisotopic (exact) mass is 219 g/mol. The van der Waals surface area contributed by atoms with Gasteiger partial charge < -0.3 is 0 Å². The first kappa shape index (κ1) is 10.6. The van der Waals surface area contributed by atoms with Crippen molar-refractivity contribution in [3.05, 3.63) is 35.4 Å². The smallest absolute Gasteiger partial charge is 0.276 e. The number of carbonyl (C=O) groups is 2. The fraction of sp³-hybridized carbons (Fsp3) is 0.273. The Morgan fingerprint density at radius 2 is 2.19 bits per heavy atom. The molecule has 0 radical (unpaired) electrons. The van der Waals surface area contributed by atoms with Gasteiger partial charge in [0.25, 0.3) is 0 Å². The highest BCUT2D eigenvalue weighted by Gasteiger charge is 2.22. The highest BCUT2D eigenvalue weighted by molar-refractivity contribution is 5.97. The highest BCUT2D eigenvalue weighted by Crippen LogP contribution is 2.07. The molecular weight excluding hydrogens is 206 g/mol. The Hall–Kier alpha value is -1.88. The average molecular weight is 219 g/mol. The number of benzene rings is 1. The number of aryl methyl sites for hydroxylation is 1. The van der Waals surface area contributed by atoms with E-state index in [1.165, 1.54) is 5.01 Å². The van der Waals surface area contributed by atoms with Crippen molar-refractivity contribution in [2.45, 2.75) is 13.5 Å². The molecule has 1 aromatic rings. The maximum Gasteiger partial charge on any atom is 0.338 e. The number of hydrogen-bond donors (Lipinski definition) is 2. The minimum Gasteiger partial charge on any atom is -0.276 e. The van der Waals surface area contributed by atoms with Crippen LogP contribution in [0.2, 0.25) is 0 Å². The van der Waals surface area contributed by atoms with Crippen LogP contribution in [-0.4, -0.2) is 23.5 Å². The second kappa shape index (κ2) is 4.32. The zero-order chi connectivity index (χ0) is 11.5. The van der Waals surface area contributed by atoms with Gasteiger partial charge in [-0.2, -0.15) is 0 Å². The third kappa shape index (κ3) is 2.38. The Morgan fingerprint density at radius 1 is 1.38 bits per heavy atom. The zero-order valence-corrected chi connectivity index (χ0v) is 8.99. The minimum atomic E-state index is -0.405. The van der Waals surface area contributed by atoms with Gasteiger partial charge >= 0.3 is 6.03 Å². The van der Waals surface area contributed by atoms with Crippen LogP contribution in [-0.2, 0) is 11.3 Å². The topological polar surface area (TPSA) is 61.4 Å². The predicted octanol–water partition coefficient (Wildman–Crippen LogP) is 0.551. The third-order valence-corrected chi connectivity index (χ3v) is 2.35. The number of hydrazine groups is 1. The molecule has 2 N–H and O–H groups in total. The van der Waals surface area contributed by atoms with E-state index in [-0.39, 0.29) is 12.5 Å². The summed E-state index contributed by atoms with van der Waals surface area (Å²) < 4.78 is 0. The van der Waals surface area contributed by atoms with Crippen LogP contribution in [0.3, 0.4) is 0 Å². The molecule has 0 aromatic heterocycles. The van der Waals surface area contributed by atoms with Crippen molar-refractivity contribution in [1.82, 2.24) is 15.8 Å². The van der Waals surface area contributed by atoms with Gasteiger partial charge in [0, 0.05) is 0 Å². The van der Waals surface area contributed by atoms with E-state index in [0.29, 0.717) is 6.54 Å². The minimum absolute atomic E-state index is 0.136. The van der Waals surface area contributed by atoms with Crippen molar-refractivity contribution in [3.63, 3.8) is 0 Å². The van der Waals surface area contributed by atoms with E-state index in [9.17, 15) is 9.59 Å². The van der Waals surface area contributed by atoms with Gasteiger partial charge in [0.2, 0.25) is 5.91 Å². The summed E-state index contributed by atoms with van der Waals surface area (Å²) in [5.74, 6) is -0.300. The lowest BCUT2D eigenvalue weighted by molar-refractivity contribution is -0.121. The molecule has 3 amide bonds. The summed E-state index contributed by atoms with van der Waals surface area (Å²) in [4.78, 5) is 22.3. The number of hydrogen-bond acceptors (Lipinski definition) is 3. The lowest BCUT2D eigenvalue weighted by atomic mass is 10.1. The summed E-state index contributed by atoms with van der Waals surface area (Å²) in [7, 11) is 0. The largest absolute Gasteiger partial charge is 0.338 e. The van der Waals surface area contributed by atoms with Gasteiger partial charge in [-0.1, -0.05) is 29.8 Å². The van der Waals surface area contributed by atoms with Crippen LogP contribution in [0, 0.1) is 6.92 Å². The molecule has 84 valence electrons. The number of nitrogens with one attached hydrogen (secondary N) is 2. The molecule has 0 saturated carbocycles. The van der Waals surface area contributed by atoms with E-state index in [4.69, 9.17) is 0 Å². The molecule has 0 unspecified atom stereocenters. The standard InChI is InChI=1S/C11H13N3O2/c1-8-3-2-4-9(5-8)7-14-11(16)13-10(15)6-12-14/h2-5,12H,6-7H2,1H3,(H,13,15,16). The predicted molar refractivity (Wildman–Crippen MR) is 58.3 cm³/mol. The Kier molecular flexibility index (Phi) is 2.87. The molecule has 1 aliphatic heterocycles. The first-order chi connectivity index (χ1) is 7.65. The van der Waals surface area contributed by atoms with Crippen LogP contribution in [0.4, 0.5) is 4.79 Å². The van der Waals surface area contributed by atoms with E-state index in [0.717, 1.165) is 11.1 Å². The Morgan fingerprint density at radius 3 is 2.88 bits per heavy atom. The molecular formula is C11H13N3O2. The molecule has 5 nitrogen and oxygen atoms in total. The van der Waals surface area contributed by atoms with Crippen LogP contribution < -0.4 is 10.7 Å². The van der Waals surface area contributed by atoms with Gasteiger partial charge in [-0.25, -0.2) is 10.2 Å². The highest BCUT2D eigenvalue weighted by atomic mass is 16.2. The van der Waals surface area contributed by atoms with Crippen LogP contribution in [0.1, 0.15) is 11.1 Å². The van der Waals surface area contributed by atoms with Crippen LogP contribution >= 0.6 is 0 Å². The number of nitrogens with zero attached hydrogens (tertiary/aromatic N) is 1. The quantitative estimate of drug-likeness (QED) is 0.763. The fourth-order valence-corrected chi connectivity index (χ4v) is 1.59. The lowest BCUT2D eigenvalue weighted by Gasteiger charge is -2.27. The summed E-state index contributed by atoms with van der Waals surface area (Å²) >= 11 is 0. The third-order valence-electron chi connectivity index (χ3n) is 2.35. The normalized spacial score (nSPS) is 16.2. The number of urea groups is 1. The number of imide groups is 1. The summed E-state index contributed by atoms with van der Waals surface area (Å²) in [5.41, 5.74) is 4.93. The molecule has 5 heteroatoms. The first-order valence-corrected chi connectivity index (χ1v) is 5.05. The van der Waals surface area contributed by atoms with E-state index < -0.39 is 6.03 Å². The van der Waals surface area contributed by atoms with Crippen molar-refractivity contribution in [2.24, 2.45) is 0 Å². The maximum absolute atomic E-state index is 11.4. The number of amides is 3. The molecule has 2 rings (SSSR count). The molecule has 1 fully saturated rings. The molecule has 16 heavy (non-hydrogen) atoms. The van der Waals surface area contributed by atoms with Gasteiger partial charge in [-0.15, -0.1) is 0 Å². The van der Waals surface area contributed by atoms with Crippen LogP contribution in [0.5, 0.6) is 0 Å². The fourth-order valence-electron chi connectivity index (χ4n) is 1.59. The molecule has 0 aliphatic carbocycles. The summed E-state index contributed by atoms with van der Waals surface area (Å²) in [6.07, 6.45) is 0. The summed E-state index contributed by atoms with van der Waals surface area (Å²) in [5, 5.41) is 3.65. The Labute approximate surface area is 93.4 Å². The number of carbonyl (C=O) groups excluding carboxylic acids is 2. The number of rotatable bonds is 2. The zero-order valence-electron chi connectivity index (χ0n) is 8.99. The Balaban J connectivity index is 2.05. The van der Waals surface area contributed by atoms with Gasteiger partial charge in [-0.05, 0) is 12.5 Å². The average Bonchev–Trinajstić information content (AvgIpc) is 2.22. The summed E-state index contributed by atoms with van der Waals surface area (Å²) in [6.45, 7) is 2.58. The Bertz CT molecular complexity index is 431. The van der Waals surface area contributed by atoms with Gasteiger partial charge in [-0.3, -0.25) is 15.1 Å². The van der Waals surface area contributed by atoms with Crippen molar-refractivity contribution in [2.75, 3.05) is 6.54 Å². The second-order valence-electron chi connectivity index (χ2n) is 3.76. The van der Waals surface area contributed by atoms with E-state index in [2.05, 4.69) is 10.7 Å². The molecule has 1 saturated heterocycles. The van der Waals surface area contributed by atoms with Crippen molar-refractivity contribution in [3.8, 4) is 0 Å². The van der Waals surface area contributed by atoms with Gasteiger partial charge in [0.05, 0.1) is 13.1 Å². The van der Waals surface area contributed by atoms with Crippen molar-refractivity contribution >= 4 is 11.9 Å². The van der Waals surface area contributed by atoms with Crippen LogP contribution in [0.15, 0.2) is 24.3 Å². The van der Waals surface area contributed by atoms with E-state index in [1.54, 1.807) is 0 Å². The van der Waals surface area contributed by atoms with E-state index >= 15 is 0 Å². The molecule has 1 aliphatic rings. The molecule has 0 bridgehead atoms. The maximum atomic E-state index is 11.4. The van der Waals surface area contributed by atoms with Crippen molar-refractivity contribution < 1.29 is 9.59 Å². The SMILES string of the molecule is Cc1cccc(CN2NCC(=O)NC2=O)c1. The van der Waals surface area contributed by atoms with Gasteiger partial charge in [0.15, 0.2) is 0 Å². The molecule has 1 aromatic carbocycles. The van der Waals surface area contributed by atoms with E-state index in [1.807, 2.05) is 31.2 Å². The molecule has 0 atom stereocenters. The lowest BCUT2D eigenvalue weighted by Crippen LogP contribution is -2.58. The molecule has 0 spiro atoms. The first-order valence-electron chi connectivity index (χ1n) is 5.05. The second-order valence-corrected chi connectivity index (χ2v) is 3.76. The van der Waals surface area contributed by atoms with Gasteiger partial charge in [0.1, 0.15) is 0 Å². The summed E-state index contributed by atoms with van der Waals surface area (Å²) in [6, 6.07) is 7.48. The van der Waals surface area contributed by atoms with Crippen LogP contribution in [0.25, 0.3) is 0 Å². The molecule has 1 heterocycles. The van der Waals surface area contributed by atoms with Crippen molar-refractivity contribution in [1.29, 1.82) is 0 Å².